The fourth-order valence-corrected chi connectivity index (χ4v) is 5.27. The summed E-state index contributed by atoms with van der Waals surface area (Å²) in [5.41, 5.74) is 2.46. The monoisotopic (exact) mass is 449 g/mol. The molecule has 1 amide bonds. The van der Waals surface area contributed by atoms with Crippen LogP contribution in [-0.4, -0.2) is 27.8 Å². The average molecular weight is 450 g/mol. The van der Waals surface area contributed by atoms with Gasteiger partial charge >= 0.3 is 0 Å². The second-order valence-corrected chi connectivity index (χ2v) is 9.80. The lowest BCUT2D eigenvalue weighted by molar-refractivity contribution is -0.118. The van der Waals surface area contributed by atoms with Gasteiger partial charge in [-0.2, -0.15) is 0 Å². The molecule has 6 heteroatoms. The van der Waals surface area contributed by atoms with Crippen LogP contribution in [-0.2, 0) is 4.79 Å². The highest BCUT2D eigenvalue weighted by Gasteiger charge is 2.19. The van der Waals surface area contributed by atoms with Crippen molar-refractivity contribution in [2.75, 3.05) is 12.3 Å². The van der Waals surface area contributed by atoms with Gasteiger partial charge in [-0.25, -0.2) is 4.98 Å². The average Bonchev–Trinajstić information content (AvgIpc) is 2.82. The number of hydrogen-bond acceptors (Lipinski definition) is 4. The van der Waals surface area contributed by atoms with E-state index in [1.54, 1.807) is 4.57 Å². The van der Waals surface area contributed by atoms with Crippen LogP contribution in [0.5, 0.6) is 0 Å². The largest absolute Gasteiger partial charge is 0.355 e. The minimum Gasteiger partial charge on any atom is -0.355 e. The molecule has 0 radical (unpaired) electrons. The van der Waals surface area contributed by atoms with E-state index in [9.17, 15) is 9.59 Å². The summed E-state index contributed by atoms with van der Waals surface area (Å²) in [6, 6.07) is 15.3. The predicted molar refractivity (Wildman–Crippen MR) is 132 cm³/mol. The Kier molecular flexibility index (Phi) is 7.30. The number of aromatic nitrogens is 2. The van der Waals surface area contributed by atoms with Crippen molar-refractivity contribution in [1.82, 2.24) is 14.9 Å². The number of fused-ring (bicyclic) bond motifs is 1. The molecule has 1 saturated carbocycles. The molecule has 0 aliphatic heterocycles. The molecule has 5 nitrogen and oxygen atoms in total. The molecule has 1 heterocycles. The number of nitrogens with one attached hydrogen (secondary N) is 1. The van der Waals surface area contributed by atoms with E-state index in [1.165, 1.54) is 43.9 Å². The molecule has 0 bridgehead atoms. The van der Waals surface area contributed by atoms with E-state index in [-0.39, 0.29) is 23.1 Å². The zero-order valence-electron chi connectivity index (χ0n) is 18.8. The van der Waals surface area contributed by atoms with Gasteiger partial charge in [0.2, 0.25) is 5.91 Å². The van der Waals surface area contributed by atoms with Gasteiger partial charge in [0.05, 0.1) is 22.3 Å². The Balaban J connectivity index is 1.62. The molecule has 0 spiro atoms. The zero-order valence-corrected chi connectivity index (χ0v) is 19.7. The van der Waals surface area contributed by atoms with Gasteiger partial charge in [0.1, 0.15) is 0 Å². The standard InChI is InChI=1S/C26H31N3O2S/c1-18(2)20-12-7-9-15-23(20)29-25(31)21-13-6-8-14-22(21)28-26(29)32-17-24(30)27-16-19-10-4-3-5-11-19/h6-9,12-15,18-19H,3-5,10-11,16-17H2,1-2H3,(H,27,30). The quantitative estimate of drug-likeness (QED) is 0.393. The molecule has 1 aliphatic rings. The van der Waals surface area contributed by atoms with Gasteiger partial charge in [-0.3, -0.25) is 14.2 Å². The summed E-state index contributed by atoms with van der Waals surface area (Å²) < 4.78 is 1.68. The first-order valence-electron chi connectivity index (χ1n) is 11.5. The smallest absolute Gasteiger partial charge is 0.266 e. The van der Waals surface area contributed by atoms with Crippen molar-refractivity contribution in [3.8, 4) is 5.69 Å². The van der Waals surface area contributed by atoms with Crippen molar-refractivity contribution in [3.63, 3.8) is 0 Å². The third-order valence-corrected chi connectivity index (χ3v) is 7.13. The van der Waals surface area contributed by atoms with E-state index in [2.05, 4.69) is 19.2 Å². The summed E-state index contributed by atoms with van der Waals surface area (Å²) in [6.45, 7) is 4.97. The number of benzene rings is 2. The number of amides is 1. The van der Waals surface area contributed by atoms with Gasteiger partial charge in [0.25, 0.3) is 5.56 Å². The Labute approximate surface area is 193 Å². The van der Waals surface area contributed by atoms with E-state index in [0.717, 1.165) is 17.8 Å². The Morgan fingerprint density at radius 3 is 2.59 bits per heavy atom. The summed E-state index contributed by atoms with van der Waals surface area (Å²) in [5.74, 6) is 1.07. The molecule has 4 rings (SSSR count). The Hall–Kier alpha value is -2.60. The molecule has 1 fully saturated rings. The Morgan fingerprint density at radius 1 is 1.09 bits per heavy atom. The van der Waals surface area contributed by atoms with Gasteiger partial charge in [-0.05, 0) is 48.4 Å². The summed E-state index contributed by atoms with van der Waals surface area (Å²) >= 11 is 1.33. The van der Waals surface area contributed by atoms with Crippen LogP contribution in [0.4, 0.5) is 0 Å². The predicted octanol–water partition coefficient (Wildman–Crippen LogP) is 5.30. The van der Waals surface area contributed by atoms with Crippen molar-refractivity contribution in [3.05, 3.63) is 64.4 Å². The summed E-state index contributed by atoms with van der Waals surface area (Å²) in [6.07, 6.45) is 6.23. The van der Waals surface area contributed by atoms with Gasteiger partial charge in [0, 0.05) is 6.54 Å². The topological polar surface area (TPSA) is 64.0 Å². The summed E-state index contributed by atoms with van der Waals surface area (Å²) in [7, 11) is 0. The Morgan fingerprint density at radius 2 is 1.81 bits per heavy atom. The maximum atomic E-state index is 13.5. The maximum absolute atomic E-state index is 13.5. The van der Waals surface area contributed by atoms with Crippen molar-refractivity contribution in [1.29, 1.82) is 0 Å². The first-order valence-corrected chi connectivity index (χ1v) is 12.5. The van der Waals surface area contributed by atoms with Gasteiger partial charge < -0.3 is 5.32 Å². The van der Waals surface area contributed by atoms with E-state index in [4.69, 9.17) is 4.98 Å². The van der Waals surface area contributed by atoms with Crippen LogP contribution >= 0.6 is 11.8 Å². The number of carbonyl (C=O) groups excluding carboxylic acids is 1. The first kappa shape index (κ1) is 22.6. The molecule has 0 unspecified atom stereocenters. The molecule has 32 heavy (non-hydrogen) atoms. The lowest BCUT2D eigenvalue weighted by Crippen LogP contribution is -2.31. The fourth-order valence-electron chi connectivity index (χ4n) is 4.43. The van der Waals surface area contributed by atoms with Crippen molar-refractivity contribution in [2.45, 2.75) is 57.0 Å². The van der Waals surface area contributed by atoms with Crippen molar-refractivity contribution < 1.29 is 4.79 Å². The third-order valence-electron chi connectivity index (χ3n) is 6.19. The molecule has 168 valence electrons. The number of carbonyl (C=O) groups is 1. The van der Waals surface area contributed by atoms with Crippen LogP contribution in [0.3, 0.4) is 0 Å². The lowest BCUT2D eigenvalue weighted by atomic mass is 9.89. The minimum absolute atomic E-state index is 0.00771. The van der Waals surface area contributed by atoms with Crippen LogP contribution < -0.4 is 10.9 Å². The van der Waals surface area contributed by atoms with E-state index in [0.29, 0.717) is 22.0 Å². The summed E-state index contributed by atoms with van der Waals surface area (Å²) in [4.78, 5) is 30.9. The maximum Gasteiger partial charge on any atom is 0.266 e. The number of thioether (sulfide) groups is 1. The number of rotatable bonds is 7. The highest BCUT2D eigenvalue weighted by Crippen LogP contribution is 2.27. The molecule has 3 aromatic rings. The molecule has 0 atom stereocenters. The molecular weight excluding hydrogens is 418 g/mol. The second kappa shape index (κ2) is 10.3. The normalized spacial score (nSPS) is 14.7. The highest BCUT2D eigenvalue weighted by molar-refractivity contribution is 7.99. The summed E-state index contributed by atoms with van der Waals surface area (Å²) in [5, 5.41) is 4.22. The molecule has 1 N–H and O–H groups in total. The molecule has 2 aromatic carbocycles. The molecule has 0 saturated heterocycles. The molecule has 1 aromatic heterocycles. The van der Waals surface area contributed by atoms with Gasteiger partial charge in [-0.15, -0.1) is 0 Å². The van der Waals surface area contributed by atoms with Crippen LogP contribution in [0, 0.1) is 5.92 Å². The lowest BCUT2D eigenvalue weighted by Gasteiger charge is -2.21. The van der Waals surface area contributed by atoms with Gasteiger partial charge in [0.15, 0.2) is 5.16 Å². The van der Waals surface area contributed by atoms with Crippen LogP contribution in [0.2, 0.25) is 0 Å². The van der Waals surface area contributed by atoms with Crippen LogP contribution in [0.15, 0.2) is 58.5 Å². The zero-order chi connectivity index (χ0) is 22.5. The minimum atomic E-state index is -0.103. The fraction of sp³-hybridized carbons (Fsp3) is 0.423. The van der Waals surface area contributed by atoms with Crippen LogP contribution in [0.1, 0.15) is 57.4 Å². The highest BCUT2D eigenvalue weighted by atomic mass is 32.2. The number of nitrogens with zero attached hydrogens (tertiary/aromatic N) is 2. The van der Waals surface area contributed by atoms with Crippen molar-refractivity contribution >= 4 is 28.6 Å². The Bertz CT molecular complexity index is 1150. The van der Waals surface area contributed by atoms with Crippen molar-refractivity contribution in [2.24, 2.45) is 5.92 Å². The molecular formula is C26H31N3O2S. The first-order chi connectivity index (χ1) is 15.5. The molecule has 1 aliphatic carbocycles. The van der Waals surface area contributed by atoms with E-state index < -0.39 is 0 Å². The van der Waals surface area contributed by atoms with Crippen LogP contribution in [0.25, 0.3) is 16.6 Å². The van der Waals surface area contributed by atoms with Gasteiger partial charge in [-0.1, -0.05) is 75.2 Å². The SMILES string of the molecule is CC(C)c1ccccc1-n1c(SCC(=O)NCC2CCCCC2)nc2ccccc2c1=O. The number of para-hydroxylation sites is 2. The number of hydrogen-bond donors (Lipinski definition) is 1. The third kappa shape index (κ3) is 5.07. The van der Waals surface area contributed by atoms with E-state index in [1.807, 2.05) is 48.5 Å². The van der Waals surface area contributed by atoms with E-state index >= 15 is 0 Å². The second-order valence-electron chi connectivity index (χ2n) is 8.86.